The number of hydrogen-bond acceptors (Lipinski definition) is 4. The number of phenolic OH excluding ortho intramolecular Hbond substituents is 2. The van der Waals surface area contributed by atoms with Gasteiger partial charge in [-0.2, -0.15) is 0 Å². The van der Waals surface area contributed by atoms with Crippen molar-refractivity contribution in [1.29, 1.82) is 0 Å². The summed E-state index contributed by atoms with van der Waals surface area (Å²) in [6.45, 7) is 15.2. The van der Waals surface area contributed by atoms with E-state index in [1.807, 2.05) is 6.92 Å². The van der Waals surface area contributed by atoms with Gasteiger partial charge in [-0.1, -0.05) is 69.9 Å². The fourth-order valence-electron chi connectivity index (χ4n) is 4.59. The van der Waals surface area contributed by atoms with Crippen molar-refractivity contribution < 1.29 is 20.1 Å². The second-order valence-electron chi connectivity index (χ2n) is 12.2. The van der Waals surface area contributed by atoms with E-state index in [-0.39, 0.29) is 24.0 Å². The van der Waals surface area contributed by atoms with Gasteiger partial charge in [0.25, 0.3) is 0 Å². The molecule has 0 aromatic heterocycles. The molecular weight excluding hydrogens is 534 g/mol. The van der Waals surface area contributed by atoms with Crippen molar-refractivity contribution in [3.8, 4) is 11.5 Å². The van der Waals surface area contributed by atoms with Crippen LogP contribution in [-0.2, 0) is 4.79 Å². The van der Waals surface area contributed by atoms with E-state index in [0.717, 1.165) is 69.8 Å². The molecule has 43 heavy (non-hydrogen) atoms. The van der Waals surface area contributed by atoms with E-state index in [9.17, 15) is 20.1 Å². The average molecular weight is 592 g/mol. The molecule has 1 amide bonds. The van der Waals surface area contributed by atoms with Gasteiger partial charge in [0.2, 0.25) is 5.91 Å². The molecule has 1 unspecified atom stereocenters. The molecule has 0 radical (unpaired) electrons. The monoisotopic (exact) mass is 591 g/mol. The number of carbonyl (C=O) groups excluding carboxylic acids is 1. The highest BCUT2D eigenvalue weighted by Crippen LogP contribution is 2.27. The number of amides is 1. The summed E-state index contributed by atoms with van der Waals surface area (Å²) in [7, 11) is 0. The molecule has 4 N–H and O–H groups in total. The van der Waals surface area contributed by atoms with Crippen molar-refractivity contribution in [3.05, 3.63) is 93.7 Å². The van der Waals surface area contributed by atoms with Gasteiger partial charge in [0.1, 0.15) is 0 Å². The van der Waals surface area contributed by atoms with E-state index < -0.39 is 6.10 Å². The van der Waals surface area contributed by atoms with Crippen LogP contribution in [0.2, 0.25) is 0 Å². The predicted octanol–water partition coefficient (Wildman–Crippen LogP) is 9.85. The van der Waals surface area contributed by atoms with Gasteiger partial charge in [0.15, 0.2) is 11.5 Å². The van der Waals surface area contributed by atoms with Gasteiger partial charge in [-0.05, 0) is 130 Å². The Balaban J connectivity index is 2.29. The highest BCUT2D eigenvalue weighted by molar-refractivity contribution is 5.88. The molecule has 0 heterocycles. The van der Waals surface area contributed by atoms with Crippen molar-refractivity contribution in [3.63, 3.8) is 0 Å². The van der Waals surface area contributed by atoms with Gasteiger partial charge >= 0.3 is 0 Å². The van der Waals surface area contributed by atoms with E-state index in [2.05, 4.69) is 77.2 Å². The fourth-order valence-corrected chi connectivity index (χ4v) is 4.59. The van der Waals surface area contributed by atoms with Crippen molar-refractivity contribution in [2.75, 3.05) is 6.54 Å². The van der Waals surface area contributed by atoms with Crippen LogP contribution in [0.5, 0.6) is 11.5 Å². The van der Waals surface area contributed by atoms with Crippen LogP contribution >= 0.6 is 0 Å². The molecule has 0 aliphatic heterocycles. The number of nitrogens with one attached hydrogen (secondary N) is 1. The zero-order valence-electron chi connectivity index (χ0n) is 27.8. The molecular formula is C38H57NO4. The van der Waals surface area contributed by atoms with Gasteiger partial charge < -0.3 is 20.6 Å². The third kappa shape index (κ3) is 18.8. The van der Waals surface area contributed by atoms with E-state index in [0.29, 0.717) is 5.56 Å². The Kier molecular flexibility index (Phi) is 18.8. The molecule has 0 fully saturated rings. The van der Waals surface area contributed by atoms with Crippen LogP contribution in [0.25, 0.3) is 0 Å². The first-order valence-corrected chi connectivity index (χ1v) is 15.8. The van der Waals surface area contributed by atoms with Crippen LogP contribution in [0, 0.1) is 0 Å². The lowest BCUT2D eigenvalue weighted by Gasteiger charge is -2.12. The average Bonchev–Trinajstić information content (AvgIpc) is 2.93. The lowest BCUT2D eigenvalue weighted by Crippen LogP contribution is -2.27. The lowest BCUT2D eigenvalue weighted by molar-refractivity contribution is -0.117. The Morgan fingerprint density at radius 1 is 0.651 bits per heavy atom. The van der Waals surface area contributed by atoms with Crippen molar-refractivity contribution in [1.82, 2.24) is 5.32 Å². The molecule has 5 heteroatoms. The summed E-state index contributed by atoms with van der Waals surface area (Å²) in [5.41, 5.74) is 8.58. The topological polar surface area (TPSA) is 89.8 Å². The van der Waals surface area contributed by atoms with Crippen LogP contribution in [0.1, 0.15) is 124 Å². The molecule has 1 rings (SSSR count). The smallest absolute Gasteiger partial charge is 0.244 e. The molecule has 1 aromatic carbocycles. The summed E-state index contributed by atoms with van der Waals surface area (Å²) in [4.78, 5) is 12.2. The Morgan fingerprint density at radius 2 is 1.07 bits per heavy atom. The highest BCUT2D eigenvalue weighted by atomic mass is 16.3. The van der Waals surface area contributed by atoms with Crippen LogP contribution < -0.4 is 5.32 Å². The normalized spacial score (nSPS) is 14.1. The zero-order valence-corrected chi connectivity index (χ0v) is 27.8. The minimum Gasteiger partial charge on any atom is -0.504 e. The van der Waals surface area contributed by atoms with Crippen LogP contribution in [0.3, 0.4) is 0 Å². The predicted molar refractivity (Wildman–Crippen MR) is 182 cm³/mol. The second kappa shape index (κ2) is 21.4. The van der Waals surface area contributed by atoms with Crippen LogP contribution in [-0.4, -0.2) is 27.8 Å². The second-order valence-corrected chi connectivity index (χ2v) is 12.2. The van der Waals surface area contributed by atoms with Crippen molar-refractivity contribution in [2.45, 2.75) is 119 Å². The lowest BCUT2D eigenvalue weighted by atomic mass is 10.0. The number of phenols is 2. The van der Waals surface area contributed by atoms with Gasteiger partial charge in [-0.25, -0.2) is 0 Å². The summed E-state index contributed by atoms with van der Waals surface area (Å²) >= 11 is 0. The number of allylic oxidation sites excluding steroid dienone is 11. The van der Waals surface area contributed by atoms with Gasteiger partial charge in [-0.3, -0.25) is 4.79 Å². The molecule has 238 valence electrons. The van der Waals surface area contributed by atoms with Gasteiger partial charge in [-0.15, -0.1) is 0 Å². The summed E-state index contributed by atoms with van der Waals surface area (Å²) < 4.78 is 0. The molecule has 0 saturated carbocycles. The number of aromatic hydroxyl groups is 2. The third-order valence-electron chi connectivity index (χ3n) is 7.45. The minimum absolute atomic E-state index is 0.0172. The van der Waals surface area contributed by atoms with E-state index in [1.165, 1.54) is 46.1 Å². The molecule has 1 aromatic rings. The molecule has 0 bridgehead atoms. The quantitative estimate of drug-likeness (QED) is 0.0732. The Morgan fingerprint density at radius 3 is 1.49 bits per heavy atom. The summed E-state index contributed by atoms with van der Waals surface area (Å²) in [5.74, 6) is -0.815. The summed E-state index contributed by atoms with van der Waals surface area (Å²) in [5, 5.41) is 31.9. The number of aliphatic hydroxyl groups is 1. The molecule has 1 atom stereocenters. The Hall–Kier alpha value is -3.31. The maximum absolute atomic E-state index is 12.2. The molecule has 0 spiro atoms. The van der Waals surface area contributed by atoms with E-state index in [1.54, 1.807) is 6.08 Å². The van der Waals surface area contributed by atoms with Crippen LogP contribution in [0.15, 0.2) is 88.1 Å². The van der Waals surface area contributed by atoms with Crippen LogP contribution in [0.4, 0.5) is 0 Å². The number of rotatable bonds is 19. The maximum atomic E-state index is 12.2. The summed E-state index contributed by atoms with van der Waals surface area (Å²) in [6, 6.07) is 4.10. The van der Waals surface area contributed by atoms with Gasteiger partial charge in [0, 0.05) is 12.6 Å². The number of benzene rings is 1. The minimum atomic E-state index is -0.974. The first-order valence-electron chi connectivity index (χ1n) is 15.8. The molecule has 0 aliphatic rings. The number of aliphatic hydroxyl groups excluding tert-OH is 1. The first-order chi connectivity index (χ1) is 20.4. The molecule has 0 aliphatic carbocycles. The molecule has 0 saturated heterocycles. The zero-order chi connectivity index (χ0) is 32.2. The largest absolute Gasteiger partial charge is 0.504 e. The van der Waals surface area contributed by atoms with Crippen molar-refractivity contribution in [2.24, 2.45) is 0 Å². The first kappa shape index (κ1) is 37.7. The number of hydrogen-bond donors (Lipinski definition) is 4. The third-order valence-corrected chi connectivity index (χ3v) is 7.45. The van der Waals surface area contributed by atoms with E-state index >= 15 is 0 Å². The van der Waals surface area contributed by atoms with Crippen molar-refractivity contribution >= 4 is 5.91 Å². The SMILES string of the molecule is CC(C)=CCCC(C)=CCCC(C)=CCCC(C)=CCCC(C)=CCCC(C)=CC(=O)NCC(O)c1ccc(O)c(O)c1. The highest BCUT2D eigenvalue weighted by Gasteiger charge is 2.11. The maximum Gasteiger partial charge on any atom is 0.244 e. The standard InChI is InChI=1S/C38H57NO4/c1-28(2)13-8-14-29(3)15-9-16-30(4)17-10-18-31(5)19-11-20-32(6)21-12-22-33(7)25-38(43)39-27-37(42)34-23-24-35(40)36(41)26-34/h13,15,17,19,21,23-26,37,40-42H,8-12,14,16,18,20,22,27H2,1-7H3,(H,39,43). The Bertz CT molecular complexity index is 1190. The summed E-state index contributed by atoms with van der Waals surface area (Å²) in [6.07, 6.45) is 22.9. The van der Waals surface area contributed by atoms with E-state index in [4.69, 9.17) is 0 Å². The Labute approximate surface area is 261 Å². The molecule has 5 nitrogen and oxygen atoms in total. The number of carbonyl (C=O) groups is 1. The fraction of sp³-hybridized carbons (Fsp3) is 0.500. The van der Waals surface area contributed by atoms with Gasteiger partial charge in [0.05, 0.1) is 6.10 Å².